The monoisotopic (exact) mass is 321 g/mol. The summed E-state index contributed by atoms with van der Waals surface area (Å²) in [4.78, 5) is 27.2. The smallest absolute Gasteiger partial charge is 0.223 e. The largest absolute Gasteiger partial charge is 0.339 e. The van der Waals surface area contributed by atoms with E-state index in [2.05, 4.69) is 25.2 Å². The molecule has 0 unspecified atom stereocenters. The van der Waals surface area contributed by atoms with Gasteiger partial charge in [0, 0.05) is 52.6 Å². The first kappa shape index (κ1) is 18.0. The van der Waals surface area contributed by atoms with Crippen LogP contribution in [-0.2, 0) is 9.59 Å². The highest BCUT2D eigenvalue weighted by Crippen LogP contribution is 2.29. The molecule has 1 saturated heterocycles. The molecule has 23 heavy (non-hydrogen) atoms. The molecule has 1 aliphatic heterocycles. The maximum atomic E-state index is 12.2. The lowest BCUT2D eigenvalue weighted by Crippen LogP contribution is -2.50. The second-order valence-electron chi connectivity index (χ2n) is 6.95. The Hall–Kier alpha value is -1.36. The van der Waals surface area contributed by atoms with Gasteiger partial charge in [-0.05, 0) is 31.6 Å². The standard InChI is InChI=1S/C18H31N3O2/c1-14-5-4-6-15(2)17(14)13-19-8-7-18(23)21-11-9-20(10-12-21)16(3)22/h5,15,17,19H,4,6-13H2,1-3H3/t15-,17+/m1/s1. The summed E-state index contributed by atoms with van der Waals surface area (Å²) in [5, 5.41) is 3.46. The zero-order chi connectivity index (χ0) is 16.8. The van der Waals surface area contributed by atoms with Crippen molar-refractivity contribution in [3.8, 4) is 0 Å². The van der Waals surface area contributed by atoms with E-state index in [1.54, 1.807) is 6.92 Å². The fraction of sp³-hybridized carbons (Fsp3) is 0.778. The van der Waals surface area contributed by atoms with Crippen LogP contribution in [0.25, 0.3) is 0 Å². The Balaban J connectivity index is 1.65. The van der Waals surface area contributed by atoms with Crippen LogP contribution in [-0.4, -0.2) is 60.9 Å². The van der Waals surface area contributed by atoms with E-state index in [0.29, 0.717) is 38.5 Å². The highest BCUT2D eigenvalue weighted by Gasteiger charge is 2.23. The molecule has 0 aromatic carbocycles. The van der Waals surface area contributed by atoms with Crippen molar-refractivity contribution in [3.05, 3.63) is 11.6 Å². The van der Waals surface area contributed by atoms with Crippen molar-refractivity contribution in [2.45, 2.75) is 40.0 Å². The van der Waals surface area contributed by atoms with Gasteiger partial charge in [0.1, 0.15) is 0 Å². The Morgan fingerprint density at radius 3 is 2.48 bits per heavy atom. The van der Waals surface area contributed by atoms with Crippen LogP contribution in [0.1, 0.15) is 40.0 Å². The first-order chi connectivity index (χ1) is 11.0. The SMILES string of the molecule is CC(=O)N1CCN(C(=O)CCNC[C@H]2C(C)=CCC[C@H]2C)CC1. The van der Waals surface area contributed by atoms with Crippen LogP contribution in [0.15, 0.2) is 11.6 Å². The van der Waals surface area contributed by atoms with Gasteiger partial charge in [-0.2, -0.15) is 0 Å². The van der Waals surface area contributed by atoms with Crippen molar-refractivity contribution in [2.24, 2.45) is 11.8 Å². The molecule has 0 saturated carbocycles. The maximum absolute atomic E-state index is 12.2. The van der Waals surface area contributed by atoms with Gasteiger partial charge in [0.2, 0.25) is 11.8 Å². The van der Waals surface area contributed by atoms with Gasteiger partial charge in [-0.25, -0.2) is 0 Å². The fourth-order valence-electron chi connectivity index (χ4n) is 3.62. The summed E-state index contributed by atoms with van der Waals surface area (Å²) in [6, 6.07) is 0. The van der Waals surface area contributed by atoms with Crippen LogP contribution in [0.3, 0.4) is 0 Å². The van der Waals surface area contributed by atoms with Crippen LogP contribution < -0.4 is 5.32 Å². The summed E-state index contributed by atoms with van der Waals surface area (Å²) in [5.41, 5.74) is 1.49. The number of rotatable bonds is 5. The second-order valence-corrected chi connectivity index (χ2v) is 6.95. The molecule has 2 aliphatic rings. The molecule has 130 valence electrons. The van der Waals surface area contributed by atoms with Gasteiger partial charge < -0.3 is 15.1 Å². The van der Waals surface area contributed by atoms with Gasteiger partial charge in [0.05, 0.1) is 0 Å². The molecule has 1 aliphatic carbocycles. The van der Waals surface area contributed by atoms with Crippen molar-refractivity contribution in [1.29, 1.82) is 0 Å². The quantitative estimate of drug-likeness (QED) is 0.619. The molecular formula is C18H31N3O2. The third kappa shape index (κ3) is 5.06. The van der Waals surface area contributed by atoms with E-state index >= 15 is 0 Å². The van der Waals surface area contributed by atoms with Gasteiger partial charge in [-0.15, -0.1) is 0 Å². The minimum Gasteiger partial charge on any atom is -0.339 e. The molecule has 2 amide bonds. The van der Waals surface area contributed by atoms with Crippen molar-refractivity contribution in [2.75, 3.05) is 39.3 Å². The topological polar surface area (TPSA) is 52.7 Å². The Kier molecular flexibility index (Phi) is 6.63. The first-order valence-electron chi connectivity index (χ1n) is 8.89. The number of hydrogen-bond donors (Lipinski definition) is 1. The lowest BCUT2D eigenvalue weighted by molar-refractivity contribution is -0.138. The molecular weight excluding hydrogens is 290 g/mol. The van der Waals surface area contributed by atoms with Crippen LogP contribution in [0.4, 0.5) is 0 Å². The van der Waals surface area contributed by atoms with Gasteiger partial charge >= 0.3 is 0 Å². The van der Waals surface area contributed by atoms with E-state index in [9.17, 15) is 9.59 Å². The Morgan fingerprint density at radius 1 is 1.22 bits per heavy atom. The Morgan fingerprint density at radius 2 is 1.87 bits per heavy atom. The van der Waals surface area contributed by atoms with E-state index in [1.165, 1.54) is 18.4 Å². The number of carbonyl (C=O) groups excluding carboxylic acids is 2. The summed E-state index contributed by atoms with van der Waals surface area (Å²) in [6.07, 6.45) is 5.37. The normalized spacial score (nSPS) is 25.3. The van der Waals surface area contributed by atoms with Crippen molar-refractivity contribution in [1.82, 2.24) is 15.1 Å². The summed E-state index contributed by atoms with van der Waals surface area (Å²) in [7, 11) is 0. The summed E-state index contributed by atoms with van der Waals surface area (Å²) >= 11 is 0. The molecule has 0 spiro atoms. The van der Waals surface area contributed by atoms with Crippen LogP contribution >= 0.6 is 0 Å². The van der Waals surface area contributed by atoms with Crippen molar-refractivity contribution < 1.29 is 9.59 Å². The molecule has 0 aromatic heterocycles. The predicted octanol–water partition coefficient (Wildman–Crippen LogP) is 1.65. The Bertz CT molecular complexity index is 453. The minimum atomic E-state index is 0.101. The molecule has 0 aromatic rings. The molecule has 1 heterocycles. The third-order valence-electron chi connectivity index (χ3n) is 5.32. The molecule has 0 bridgehead atoms. The van der Waals surface area contributed by atoms with Crippen molar-refractivity contribution in [3.63, 3.8) is 0 Å². The first-order valence-corrected chi connectivity index (χ1v) is 8.89. The molecule has 2 atom stereocenters. The average molecular weight is 321 g/mol. The molecule has 2 rings (SSSR count). The van der Waals surface area contributed by atoms with E-state index < -0.39 is 0 Å². The lowest BCUT2D eigenvalue weighted by atomic mass is 9.80. The molecule has 1 fully saturated rings. The summed E-state index contributed by atoms with van der Waals surface area (Å²) in [6.45, 7) is 10.5. The van der Waals surface area contributed by atoms with Crippen molar-refractivity contribution >= 4 is 11.8 Å². The Labute approximate surface area is 140 Å². The predicted molar refractivity (Wildman–Crippen MR) is 92.0 cm³/mol. The maximum Gasteiger partial charge on any atom is 0.223 e. The van der Waals surface area contributed by atoms with E-state index in [0.717, 1.165) is 19.0 Å². The van der Waals surface area contributed by atoms with E-state index in [-0.39, 0.29) is 11.8 Å². The van der Waals surface area contributed by atoms with Crippen LogP contribution in [0.2, 0.25) is 0 Å². The zero-order valence-electron chi connectivity index (χ0n) is 14.8. The minimum absolute atomic E-state index is 0.101. The number of nitrogens with zero attached hydrogens (tertiary/aromatic N) is 2. The number of hydrogen-bond acceptors (Lipinski definition) is 3. The van der Waals surface area contributed by atoms with Crippen LogP contribution in [0, 0.1) is 11.8 Å². The molecule has 0 radical (unpaired) electrons. The average Bonchev–Trinajstić information content (AvgIpc) is 2.53. The fourth-order valence-corrected chi connectivity index (χ4v) is 3.62. The third-order valence-corrected chi connectivity index (χ3v) is 5.32. The highest BCUT2D eigenvalue weighted by molar-refractivity contribution is 5.77. The lowest BCUT2D eigenvalue weighted by Gasteiger charge is -2.34. The molecule has 1 N–H and O–H groups in total. The number of carbonyl (C=O) groups is 2. The number of piperazine rings is 1. The van der Waals surface area contributed by atoms with Gasteiger partial charge in [-0.3, -0.25) is 9.59 Å². The van der Waals surface area contributed by atoms with Crippen LogP contribution in [0.5, 0.6) is 0 Å². The number of nitrogens with one attached hydrogen (secondary N) is 1. The summed E-state index contributed by atoms with van der Waals surface area (Å²) in [5.74, 6) is 1.63. The molecule has 5 heteroatoms. The number of allylic oxidation sites excluding steroid dienone is 1. The van der Waals surface area contributed by atoms with Gasteiger partial charge in [0.15, 0.2) is 0 Å². The molecule has 5 nitrogen and oxygen atoms in total. The van der Waals surface area contributed by atoms with Gasteiger partial charge in [-0.1, -0.05) is 18.6 Å². The highest BCUT2D eigenvalue weighted by atomic mass is 16.2. The summed E-state index contributed by atoms with van der Waals surface area (Å²) < 4.78 is 0. The van der Waals surface area contributed by atoms with Gasteiger partial charge in [0.25, 0.3) is 0 Å². The van der Waals surface area contributed by atoms with E-state index in [1.807, 2.05) is 9.80 Å². The van der Waals surface area contributed by atoms with E-state index in [4.69, 9.17) is 0 Å². The second kappa shape index (κ2) is 8.48. The number of amides is 2. The zero-order valence-corrected chi connectivity index (χ0v) is 14.8.